The SMILES string of the molecule is COc1cc(Br)c(C2CCNCC2)c(O)c1OC. The molecule has 0 amide bonds. The van der Waals surface area contributed by atoms with Gasteiger partial charge >= 0.3 is 0 Å². The van der Waals surface area contributed by atoms with E-state index in [0.717, 1.165) is 36.0 Å². The Labute approximate surface area is 115 Å². The lowest BCUT2D eigenvalue weighted by atomic mass is 9.89. The molecule has 1 aliphatic rings. The van der Waals surface area contributed by atoms with Crippen LogP contribution in [0.25, 0.3) is 0 Å². The minimum atomic E-state index is 0.190. The van der Waals surface area contributed by atoms with E-state index in [2.05, 4.69) is 21.2 Å². The lowest BCUT2D eigenvalue weighted by Crippen LogP contribution is -2.26. The third-order valence-electron chi connectivity index (χ3n) is 3.38. The van der Waals surface area contributed by atoms with Gasteiger partial charge in [0.05, 0.1) is 14.2 Å². The Bertz CT molecular complexity index is 431. The van der Waals surface area contributed by atoms with E-state index in [9.17, 15) is 5.11 Å². The van der Waals surface area contributed by atoms with Crippen molar-refractivity contribution >= 4 is 15.9 Å². The first-order chi connectivity index (χ1) is 8.69. The number of benzene rings is 1. The summed E-state index contributed by atoms with van der Waals surface area (Å²) in [4.78, 5) is 0. The zero-order chi connectivity index (χ0) is 13.1. The molecule has 1 aromatic carbocycles. The van der Waals surface area contributed by atoms with Crippen molar-refractivity contribution in [3.05, 3.63) is 16.1 Å². The maximum absolute atomic E-state index is 10.4. The Morgan fingerprint density at radius 2 is 1.94 bits per heavy atom. The molecule has 1 fully saturated rings. The predicted molar refractivity (Wildman–Crippen MR) is 73.8 cm³/mol. The number of methoxy groups -OCH3 is 2. The molecule has 2 rings (SSSR count). The number of rotatable bonds is 3. The van der Waals surface area contributed by atoms with Gasteiger partial charge < -0.3 is 19.9 Å². The molecule has 1 aromatic rings. The lowest BCUT2D eigenvalue weighted by molar-refractivity contribution is 0.327. The fourth-order valence-electron chi connectivity index (χ4n) is 2.46. The van der Waals surface area contributed by atoms with Gasteiger partial charge in [0.25, 0.3) is 0 Å². The summed E-state index contributed by atoms with van der Waals surface area (Å²) in [6.45, 7) is 1.95. The smallest absolute Gasteiger partial charge is 0.203 e. The predicted octanol–water partition coefficient (Wildman–Crippen LogP) is 2.64. The third kappa shape index (κ3) is 2.42. The van der Waals surface area contributed by atoms with Crippen molar-refractivity contribution in [2.45, 2.75) is 18.8 Å². The average Bonchev–Trinajstić information content (AvgIpc) is 2.39. The van der Waals surface area contributed by atoms with Gasteiger partial charge in [-0.05, 0) is 37.9 Å². The van der Waals surface area contributed by atoms with Crippen molar-refractivity contribution in [2.75, 3.05) is 27.3 Å². The third-order valence-corrected chi connectivity index (χ3v) is 4.04. The van der Waals surface area contributed by atoms with Crippen LogP contribution in [-0.4, -0.2) is 32.4 Å². The van der Waals surface area contributed by atoms with Crippen molar-refractivity contribution < 1.29 is 14.6 Å². The van der Waals surface area contributed by atoms with Crippen LogP contribution in [0.5, 0.6) is 17.2 Å². The molecule has 0 atom stereocenters. The topological polar surface area (TPSA) is 50.7 Å². The Hall–Kier alpha value is -0.940. The first kappa shape index (κ1) is 13.5. The van der Waals surface area contributed by atoms with Crippen LogP contribution in [0.15, 0.2) is 10.5 Å². The number of hydrogen-bond donors (Lipinski definition) is 2. The van der Waals surface area contributed by atoms with E-state index in [1.807, 2.05) is 6.07 Å². The van der Waals surface area contributed by atoms with E-state index in [-0.39, 0.29) is 5.75 Å². The zero-order valence-electron chi connectivity index (χ0n) is 10.6. The second-order valence-corrected chi connectivity index (χ2v) is 5.23. The first-order valence-corrected chi connectivity index (χ1v) is 6.82. The number of nitrogens with one attached hydrogen (secondary N) is 1. The summed E-state index contributed by atoms with van der Waals surface area (Å²) in [7, 11) is 3.10. The Morgan fingerprint density at radius 3 is 2.50 bits per heavy atom. The highest BCUT2D eigenvalue weighted by Crippen LogP contribution is 2.47. The minimum Gasteiger partial charge on any atom is -0.504 e. The summed E-state index contributed by atoms with van der Waals surface area (Å²) >= 11 is 3.52. The van der Waals surface area contributed by atoms with Crippen molar-refractivity contribution in [1.82, 2.24) is 5.32 Å². The summed E-state index contributed by atoms with van der Waals surface area (Å²) in [6, 6.07) is 1.86. The quantitative estimate of drug-likeness (QED) is 0.900. The molecule has 5 heteroatoms. The van der Waals surface area contributed by atoms with Gasteiger partial charge in [0.1, 0.15) is 0 Å². The van der Waals surface area contributed by atoms with Crippen molar-refractivity contribution in [3.63, 3.8) is 0 Å². The molecule has 18 heavy (non-hydrogen) atoms. The van der Waals surface area contributed by atoms with Crippen LogP contribution in [0.2, 0.25) is 0 Å². The molecule has 0 bridgehead atoms. The number of phenolic OH excluding ortho intramolecular Hbond substituents is 1. The average molecular weight is 316 g/mol. The summed E-state index contributed by atoms with van der Waals surface area (Å²) in [5.41, 5.74) is 0.925. The molecule has 100 valence electrons. The van der Waals surface area contributed by atoms with Crippen LogP contribution in [0.4, 0.5) is 0 Å². The molecule has 0 unspecified atom stereocenters. The number of piperidine rings is 1. The van der Waals surface area contributed by atoms with E-state index in [1.165, 1.54) is 7.11 Å². The Morgan fingerprint density at radius 1 is 1.28 bits per heavy atom. The molecule has 1 aliphatic heterocycles. The molecular formula is C13H18BrNO3. The molecule has 1 heterocycles. The van der Waals surface area contributed by atoms with E-state index < -0.39 is 0 Å². The summed E-state index contributed by atoms with van der Waals surface area (Å²) in [5, 5.41) is 13.7. The van der Waals surface area contributed by atoms with E-state index in [1.54, 1.807) is 7.11 Å². The zero-order valence-corrected chi connectivity index (χ0v) is 12.2. The molecule has 0 spiro atoms. The number of phenols is 1. The lowest BCUT2D eigenvalue weighted by Gasteiger charge is -2.26. The van der Waals surface area contributed by atoms with Gasteiger partial charge in [-0.3, -0.25) is 0 Å². The van der Waals surface area contributed by atoms with Gasteiger partial charge in [-0.25, -0.2) is 0 Å². The number of ether oxygens (including phenoxy) is 2. The normalized spacial score (nSPS) is 16.6. The van der Waals surface area contributed by atoms with E-state index in [4.69, 9.17) is 9.47 Å². The second kappa shape index (κ2) is 5.80. The number of hydrogen-bond acceptors (Lipinski definition) is 4. The highest BCUT2D eigenvalue weighted by Gasteiger charge is 2.25. The standard InChI is InChI=1S/C13H18BrNO3/c1-17-10-7-9(14)11(12(16)13(10)18-2)8-3-5-15-6-4-8/h7-8,15-16H,3-6H2,1-2H3. The molecule has 2 N–H and O–H groups in total. The fraction of sp³-hybridized carbons (Fsp3) is 0.538. The van der Waals surface area contributed by atoms with Gasteiger partial charge in [0.2, 0.25) is 5.75 Å². The van der Waals surface area contributed by atoms with Gasteiger partial charge in [-0.1, -0.05) is 15.9 Å². The van der Waals surface area contributed by atoms with Crippen molar-refractivity contribution in [2.24, 2.45) is 0 Å². The fourth-order valence-corrected chi connectivity index (χ4v) is 3.18. The first-order valence-electron chi connectivity index (χ1n) is 6.03. The van der Waals surface area contributed by atoms with Gasteiger partial charge in [-0.2, -0.15) is 0 Å². The highest BCUT2D eigenvalue weighted by molar-refractivity contribution is 9.10. The largest absolute Gasteiger partial charge is 0.504 e. The van der Waals surface area contributed by atoms with Gasteiger partial charge in [0.15, 0.2) is 11.5 Å². The number of halogens is 1. The van der Waals surface area contributed by atoms with Crippen LogP contribution in [0, 0.1) is 0 Å². The van der Waals surface area contributed by atoms with Crippen molar-refractivity contribution in [3.8, 4) is 17.2 Å². The molecule has 0 aromatic heterocycles. The summed E-state index contributed by atoms with van der Waals surface area (Å²) in [5.74, 6) is 1.49. The minimum absolute atomic E-state index is 0.190. The monoisotopic (exact) mass is 315 g/mol. The maximum Gasteiger partial charge on any atom is 0.203 e. The van der Waals surface area contributed by atoms with Crippen LogP contribution >= 0.6 is 15.9 Å². The molecule has 0 aliphatic carbocycles. The summed E-state index contributed by atoms with van der Waals surface area (Å²) in [6.07, 6.45) is 2.03. The van der Waals surface area contributed by atoms with E-state index >= 15 is 0 Å². The maximum atomic E-state index is 10.4. The number of aromatic hydroxyl groups is 1. The molecular weight excluding hydrogens is 298 g/mol. The van der Waals surface area contributed by atoms with Crippen LogP contribution in [-0.2, 0) is 0 Å². The van der Waals surface area contributed by atoms with Gasteiger partial charge in [-0.15, -0.1) is 0 Å². The van der Waals surface area contributed by atoms with Gasteiger partial charge in [0, 0.05) is 10.0 Å². The molecule has 0 saturated carbocycles. The van der Waals surface area contributed by atoms with Crippen LogP contribution in [0.1, 0.15) is 24.3 Å². The van der Waals surface area contributed by atoms with Crippen molar-refractivity contribution in [1.29, 1.82) is 0 Å². The summed E-state index contributed by atoms with van der Waals surface area (Å²) < 4.78 is 11.3. The van der Waals surface area contributed by atoms with Crippen LogP contribution in [0.3, 0.4) is 0 Å². The Kier molecular flexibility index (Phi) is 4.35. The van der Waals surface area contributed by atoms with Crippen LogP contribution < -0.4 is 14.8 Å². The molecule has 0 radical (unpaired) electrons. The molecule has 4 nitrogen and oxygen atoms in total. The van der Waals surface area contributed by atoms with E-state index in [0.29, 0.717) is 17.4 Å². The molecule has 1 saturated heterocycles. The highest BCUT2D eigenvalue weighted by atomic mass is 79.9. The Balaban J connectivity index is 2.46. The second-order valence-electron chi connectivity index (χ2n) is 4.38.